The van der Waals surface area contributed by atoms with Crippen LogP contribution in [0.2, 0.25) is 0 Å². The minimum Gasteiger partial charge on any atom is -0.457 e. The van der Waals surface area contributed by atoms with Crippen molar-refractivity contribution in [1.29, 1.82) is 0 Å². The van der Waals surface area contributed by atoms with E-state index in [4.69, 9.17) is 0 Å². The standard InChI is InChI=1S/C18H15F5O2/c1-3-9(2)11-6-4-10(5-7-11)8-25-18(24)12-13(19)15(21)17(23)16(22)14(12)20/h4-7,9H,3,8H2,1-2H3. The highest BCUT2D eigenvalue weighted by Crippen LogP contribution is 2.24. The van der Waals surface area contributed by atoms with Crippen molar-refractivity contribution in [3.63, 3.8) is 0 Å². The van der Waals surface area contributed by atoms with Crippen molar-refractivity contribution in [1.82, 2.24) is 0 Å². The Kier molecular flexibility index (Phi) is 5.77. The number of hydrogen-bond acceptors (Lipinski definition) is 2. The van der Waals surface area contributed by atoms with Gasteiger partial charge < -0.3 is 4.74 Å². The molecule has 0 radical (unpaired) electrons. The van der Waals surface area contributed by atoms with Crippen LogP contribution in [0.3, 0.4) is 0 Å². The fraction of sp³-hybridized carbons (Fsp3) is 0.278. The summed E-state index contributed by atoms with van der Waals surface area (Å²) in [4.78, 5) is 11.7. The first-order valence-electron chi connectivity index (χ1n) is 7.55. The molecule has 0 aliphatic rings. The van der Waals surface area contributed by atoms with Crippen LogP contribution in [0, 0.1) is 29.1 Å². The molecule has 0 spiro atoms. The molecule has 1 unspecified atom stereocenters. The SMILES string of the molecule is CCC(C)c1ccc(COC(=O)c2c(F)c(F)c(F)c(F)c2F)cc1. The van der Waals surface area contributed by atoms with Gasteiger partial charge in [0.2, 0.25) is 5.82 Å². The second-order valence-corrected chi connectivity index (χ2v) is 5.57. The largest absolute Gasteiger partial charge is 0.457 e. The normalized spacial score (nSPS) is 12.1. The third-order valence-electron chi connectivity index (χ3n) is 3.94. The smallest absolute Gasteiger partial charge is 0.344 e. The van der Waals surface area contributed by atoms with Gasteiger partial charge in [-0.05, 0) is 23.5 Å². The van der Waals surface area contributed by atoms with E-state index in [1.165, 1.54) is 0 Å². The number of esters is 1. The molecule has 0 aliphatic carbocycles. The van der Waals surface area contributed by atoms with Gasteiger partial charge in [0.05, 0.1) is 0 Å². The number of ether oxygens (including phenoxy) is 1. The Labute approximate surface area is 141 Å². The molecule has 2 aromatic rings. The molecule has 0 N–H and O–H groups in total. The maximum absolute atomic E-state index is 13.5. The molecule has 0 fully saturated rings. The van der Waals surface area contributed by atoms with Gasteiger partial charge in [-0.2, -0.15) is 0 Å². The molecule has 0 bridgehead atoms. The lowest BCUT2D eigenvalue weighted by atomic mass is 9.98. The van der Waals surface area contributed by atoms with Crippen molar-refractivity contribution in [3.8, 4) is 0 Å². The van der Waals surface area contributed by atoms with E-state index in [-0.39, 0.29) is 6.61 Å². The Balaban J connectivity index is 2.16. The van der Waals surface area contributed by atoms with Gasteiger partial charge in [0, 0.05) is 0 Å². The Morgan fingerprint density at radius 2 is 1.40 bits per heavy atom. The van der Waals surface area contributed by atoms with Crippen LogP contribution in [-0.4, -0.2) is 5.97 Å². The first-order valence-corrected chi connectivity index (χ1v) is 7.55. The summed E-state index contributed by atoms with van der Waals surface area (Å²) in [6.07, 6.45) is 0.939. The second kappa shape index (κ2) is 7.63. The lowest BCUT2D eigenvalue weighted by Gasteiger charge is -2.11. The van der Waals surface area contributed by atoms with E-state index in [1.807, 2.05) is 26.0 Å². The van der Waals surface area contributed by atoms with E-state index in [2.05, 4.69) is 4.74 Å². The molecule has 1 atom stereocenters. The quantitative estimate of drug-likeness (QED) is 0.316. The summed E-state index contributed by atoms with van der Waals surface area (Å²) in [6.45, 7) is 3.71. The summed E-state index contributed by atoms with van der Waals surface area (Å²) >= 11 is 0. The summed E-state index contributed by atoms with van der Waals surface area (Å²) in [7, 11) is 0. The number of benzene rings is 2. The lowest BCUT2D eigenvalue weighted by molar-refractivity contribution is 0.0458. The van der Waals surface area contributed by atoms with E-state index in [9.17, 15) is 26.7 Å². The van der Waals surface area contributed by atoms with Gasteiger partial charge >= 0.3 is 5.97 Å². The molecule has 0 aliphatic heterocycles. The van der Waals surface area contributed by atoms with Gasteiger partial charge in [0.15, 0.2) is 23.3 Å². The maximum Gasteiger partial charge on any atom is 0.344 e. The molecule has 134 valence electrons. The Hall–Kier alpha value is -2.44. The van der Waals surface area contributed by atoms with Gasteiger partial charge in [-0.1, -0.05) is 38.1 Å². The lowest BCUT2D eigenvalue weighted by Crippen LogP contribution is -2.15. The first kappa shape index (κ1) is 18.9. The molecule has 2 aromatic carbocycles. The van der Waals surface area contributed by atoms with Gasteiger partial charge in [0.25, 0.3) is 0 Å². The topological polar surface area (TPSA) is 26.3 Å². The van der Waals surface area contributed by atoms with Crippen molar-refractivity contribution in [2.24, 2.45) is 0 Å². The van der Waals surface area contributed by atoms with Gasteiger partial charge in [-0.15, -0.1) is 0 Å². The van der Waals surface area contributed by atoms with Crippen molar-refractivity contribution in [2.45, 2.75) is 32.8 Å². The summed E-state index contributed by atoms with van der Waals surface area (Å²) in [6, 6.07) is 6.95. The molecule has 0 saturated carbocycles. The molecule has 0 heterocycles. The summed E-state index contributed by atoms with van der Waals surface area (Å²) in [5, 5.41) is 0. The third-order valence-corrected chi connectivity index (χ3v) is 3.94. The summed E-state index contributed by atoms with van der Waals surface area (Å²) in [5.41, 5.74) is -0.0192. The maximum atomic E-state index is 13.5. The zero-order valence-corrected chi connectivity index (χ0v) is 13.5. The molecular weight excluding hydrogens is 343 g/mol. The van der Waals surface area contributed by atoms with Gasteiger partial charge in [-0.25, -0.2) is 26.7 Å². The van der Waals surface area contributed by atoms with Crippen LogP contribution in [0.5, 0.6) is 0 Å². The van der Waals surface area contributed by atoms with Crippen LogP contribution >= 0.6 is 0 Å². The minimum absolute atomic E-state index is 0.338. The predicted molar refractivity (Wildman–Crippen MR) is 80.5 cm³/mol. The van der Waals surface area contributed by atoms with Gasteiger partial charge in [-0.3, -0.25) is 0 Å². The van der Waals surface area contributed by atoms with Crippen LogP contribution in [0.1, 0.15) is 47.7 Å². The number of halogens is 5. The highest BCUT2D eigenvalue weighted by atomic mass is 19.2. The van der Waals surface area contributed by atoms with Crippen LogP contribution in [0.4, 0.5) is 22.0 Å². The summed E-state index contributed by atoms with van der Waals surface area (Å²) < 4.78 is 70.9. The molecule has 25 heavy (non-hydrogen) atoms. The molecule has 7 heteroatoms. The molecule has 2 rings (SSSR count). The number of carbonyl (C=O) groups excluding carboxylic acids is 1. The van der Waals surface area contributed by atoms with E-state index in [1.54, 1.807) is 12.1 Å². The fourth-order valence-electron chi connectivity index (χ4n) is 2.18. The highest BCUT2D eigenvalue weighted by molar-refractivity contribution is 5.90. The monoisotopic (exact) mass is 358 g/mol. The van der Waals surface area contributed by atoms with E-state index >= 15 is 0 Å². The average molecular weight is 358 g/mol. The van der Waals surface area contributed by atoms with Crippen LogP contribution < -0.4 is 0 Å². The van der Waals surface area contributed by atoms with Gasteiger partial charge in [0.1, 0.15) is 12.2 Å². The molecule has 0 saturated heterocycles. The average Bonchev–Trinajstić information content (AvgIpc) is 2.63. The summed E-state index contributed by atoms with van der Waals surface area (Å²) in [5.74, 6) is -12.4. The number of hydrogen-bond donors (Lipinski definition) is 0. The third kappa shape index (κ3) is 3.81. The van der Waals surface area contributed by atoms with E-state index < -0.39 is 40.6 Å². The highest BCUT2D eigenvalue weighted by Gasteiger charge is 2.30. The Morgan fingerprint density at radius 3 is 1.88 bits per heavy atom. The molecular formula is C18H15F5O2. The molecule has 0 aromatic heterocycles. The zero-order chi connectivity index (χ0) is 18.7. The van der Waals surface area contributed by atoms with Crippen LogP contribution in [0.15, 0.2) is 24.3 Å². The predicted octanol–water partition coefficient (Wildman–Crippen LogP) is 5.25. The van der Waals surface area contributed by atoms with E-state index in [0.717, 1.165) is 12.0 Å². The van der Waals surface area contributed by atoms with Crippen LogP contribution in [-0.2, 0) is 11.3 Å². The Bertz CT molecular complexity index is 758. The van der Waals surface area contributed by atoms with Crippen molar-refractivity contribution >= 4 is 5.97 Å². The zero-order valence-electron chi connectivity index (χ0n) is 13.5. The fourth-order valence-corrected chi connectivity index (χ4v) is 2.18. The molecule has 0 amide bonds. The van der Waals surface area contributed by atoms with Crippen LogP contribution in [0.25, 0.3) is 0 Å². The second-order valence-electron chi connectivity index (χ2n) is 5.57. The van der Waals surface area contributed by atoms with E-state index in [0.29, 0.717) is 11.5 Å². The van der Waals surface area contributed by atoms with Crippen molar-refractivity contribution in [3.05, 3.63) is 70.0 Å². The van der Waals surface area contributed by atoms with Crippen molar-refractivity contribution < 1.29 is 31.5 Å². The molecule has 2 nitrogen and oxygen atoms in total. The minimum atomic E-state index is -2.33. The number of rotatable bonds is 5. The Morgan fingerprint density at radius 1 is 0.920 bits per heavy atom. The number of carbonyl (C=O) groups is 1. The van der Waals surface area contributed by atoms with Crippen molar-refractivity contribution in [2.75, 3.05) is 0 Å². The first-order chi connectivity index (χ1) is 11.8.